The lowest BCUT2D eigenvalue weighted by molar-refractivity contribution is 0.198. The minimum absolute atomic E-state index is 0.489. The van der Waals surface area contributed by atoms with Crippen LogP contribution in [0.3, 0.4) is 0 Å². The van der Waals surface area contributed by atoms with E-state index in [-0.39, 0.29) is 0 Å². The maximum absolute atomic E-state index is 5.44. The van der Waals surface area contributed by atoms with Crippen molar-refractivity contribution in [2.45, 2.75) is 25.3 Å². The molecule has 1 fully saturated rings. The van der Waals surface area contributed by atoms with E-state index in [4.69, 9.17) is 14.5 Å². The standard InChI is InChI=1S/C23H26N2O2/c1-26-22-10-9-17(12-23(22)27-2)15-25-11-5-8-20(16-25)21-13-18-6-3-4-7-19(18)14-24-21/h3-4,6-7,9-10,12-14,20H,5,8,11,15-16H2,1-2H3/t20-/m1/s1. The van der Waals surface area contributed by atoms with E-state index in [0.29, 0.717) is 5.92 Å². The first-order valence-electron chi connectivity index (χ1n) is 9.55. The second-order valence-corrected chi connectivity index (χ2v) is 7.22. The predicted octanol–water partition coefficient (Wildman–Crippen LogP) is 4.63. The highest BCUT2D eigenvalue weighted by Gasteiger charge is 2.23. The summed E-state index contributed by atoms with van der Waals surface area (Å²) in [4.78, 5) is 7.28. The van der Waals surface area contributed by atoms with Crippen molar-refractivity contribution in [3.8, 4) is 11.5 Å². The van der Waals surface area contributed by atoms with E-state index in [1.807, 2.05) is 12.3 Å². The minimum Gasteiger partial charge on any atom is -0.493 e. The maximum atomic E-state index is 5.44. The van der Waals surface area contributed by atoms with Crippen molar-refractivity contribution in [3.63, 3.8) is 0 Å². The van der Waals surface area contributed by atoms with E-state index in [1.165, 1.54) is 34.9 Å². The van der Waals surface area contributed by atoms with Gasteiger partial charge >= 0.3 is 0 Å². The second kappa shape index (κ2) is 7.97. The predicted molar refractivity (Wildman–Crippen MR) is 109 cm³/mol. The van der Waals surface area contributed by atoms with Gasteiger partial charge in [-0.3, -0.25) is 9.88 Å². The molecular formula is C23H26N2O2. The summed E-state index contributed by atoms with van der Waals surface area (Å²) in [7, 11) is 3.35. The van der Waals surface area contributed by atoms with Crippen molar-refractivity contribution in [2.24, 2.45) is 0 Å². The maximum Gasteiger partial charge on any atom is 0.161 e. The van der Waals surface area contributed by atoms with Crippen LogP contribution in [0.5, 0.6) is 11.5 Å². The van der Waals surface area contributed by atoms with Gasteiger partial charge < -0.3 is 9.47 Å². The van der Waals surface area contributed by atoms with Gasteiger partial charge in [0, 0.05) is 36.3 Å². The lowest BCUT2D eigenvalue weighted by atomic mass is 9.93. The van der Waals surface area contributed by atoms with Crippen LogP contribution < -0.4 is 9.47 Å². The summed E-state index contributed by atoms with van der Waals surface area (Å²) in [5.41, 5.74) is 2.46. The Morgan fingerprint density at radius 2 is 1.81 bits per heavy atom. The molecule has 1 aliphatic rings. The van der Waals surface area contributed by atoms with Crippen LogP contribution in [0.4, 0.5) is 0 Å². The van der Waals surface area contributed by atoms with E-state index in [9.17, 15) is 0 Å². The van der Waals surface area contributed by atoms with Gasteiger partial charge in [-0.2, -0.15) is 0 Å². The van der Waals surface area contributed by atoms with Crippen LogP contribution in [-0.2, 0) is 6.54 Å². The summed E-state index contributed by atoms with van der Waals surface area (Å²) in [6.07, 6.45) is 4.41. The summed E-state index contributed by atoms with van der Waals surface area (Å²) in [6.45, 7) is 3.09. The molecule has 0 bridgehead atoms. The smallest absolute Gasteiger partial charge is 0.161 e. The van der Waals surface area contributed by atoms with Crippen molar-refractivity contribution in [3.05, 3.63) is 66.0 Å². The third-order valence-electron chi connectivity index (χ3n) is 5.43. The fourth-order valence-corrected chi connectivity index (χ4v) is 4.00. The number of benzene rings is 2. The largest absolute Gasteiger partial charge is 0.493 e. The Balaban J connectivity index is 1.49. The Morgan fingerprint density at radius 3 is 2.63 bits per heavy atom. The quantitative estimate of drug-likeness (QED) is 0.663. The highest BCUT2D eigenvalue weighted by Crippen LogP contribution is 2.31. The number of fused-ring (bicyclic) bond motifs is 1. The SMILES string of the molecule is COc1ccc(CN2CCC[C@@H](c3cc4ccccc4cn3)C2)cc1OC. The second-order valence-electron chi connectivity index (χ2n) is 7.22. The van der Waals surface area contributed by atoms with Crippen LogP contribution in [0.25, 0.3) is 10.8 Å². The first-order chi connectivity index (χ1) is 13.3. The van der Waals surface area contributed by atoms with E-state index < -0.39 is 0 Å². The number of pyridine rings is 1. The number of methoxy groups -OCH3 is 2. The molecule has 0 N–H and O–H groups in total. The molecule has 3 aromatic rings. The van der Waals surface area contributed by atoms with Crippen LogP contribution in [0.2, 0.25) is 0 Å². The number of likely N-dealkylation sites (tertiary alicyclic amines) is 1. The molecule has 1 aromatic heterocycles. The van der Waals surface area contributed by atoms with E-state index >= 15 is 0 Å². The summed E-state index contributed by atoms with van der Waals surface area (Å²) in [5.74, 6) is 2.06. The van der Waals surface area contributed by atoms with Crippen LogP contribution in [-0.4, -0.2) is 37.2 Å². The lowest BCUT2D eigenvalue weighted by Gasteiger charge is -2.32. The molecule has 1 aliphatic heterocycles. The zero-order valence-corrected chi connectivity index (χ0v) is 16.0. The van der Waals surface area contributed by atoms with Crippen molar-refractivity contribution in [1.82, 2.24) is 9.88 Å². The van der Waals surface area contributed by atoms with Gasteiger partial charge in [-0.1, -0.05) is 30.3 Å². The monoisotopic (exact) mass is 362 g/mol. The van der Waals surface area contributed by atoms with Crippen molar-refractivity contribution in [1.29, 1.82) is 0 Å². The zero-order valence-electron chi connectivity index (χ0n) is 16.0. The van der Waals surface area contributed by atoms with Gasteiger partial charge in [0.05, 0.1) is 14.2 Å². The van der Waals surface area contributed by atoms with Gasteiger partial charge in [-0.05, 0) is 48.5 Å². The van der Waals surface area contributed by atoms with Crippen LogP contribution in [0.15, 0.2) is 54.7 Å². The van der Waals surface area contributed by atoms with E-state index in [0.717, 1.165) is 31.1 Å². The van der Waals surface area contributed by atoms with Crippen molar-refractivity contribution >= 4 is 10.8 Å². The number of hydrogen-bond donors (Lipinski definition) is 0. The molecule has 4 rings (SSSR count). The summed E-state index contributed by atoms with van der Waals surface area (Å²) >= 11 is 0. The molecule has 0 radical (unpaired) electrons. The van der Waals surface area contributed by atoms with Crippen LogP contribution in [0, 0.1) is 0 Å². The van der Waals surface area contributed by atoms with E-state index in [1.54, 1.807) is 14.2 Å². The number of nitrogens with zero attached hydrogens (tertiary/aromatic N) is 2. The molecule has 4 nitrogen and oxygen atoms in total. The van der Waals surface area contributed by atoms with Gasteiger partial charge in [0.25, 0.3) is 0 Å². The molecule has 140 valence electrons. The third kappa shape index (κ3) is 3.91. The molecule has 0 saturated carbocycles. The molecule has 2 heterocycles. The molecule has 0 aliphatic carbocycles. The van der Waals surface area contributed by atoms with Crippen LogP contribution >= 0.6 is 0 Å². The number of hydrogen-bond acceptors (Lipinski definition) is 4. The fourth-order valence-electron chi connectivity index (χ4n) is 4.00. The summed E-state index contributed by atoms with van der Waals surface area (Å²) in [5, 5.41) is 2.48. The van der Waals surface area contributed by atoms with Gasteiger partial charge in [-0.25, -0.2) is 0 Å². The third-order valence-corrected chi connectivity index (χ3v) is 5.43. The highest BCUT2D eigenvalue weighted by atomic mass is 16.5. The minimum atomic E-state index is 0.489. The Bertz CT molecular complexity index is 925. The Labute approximate surface area is 160 Å². The number of ether oxygens (including phenoxy) is 2. The molecular weight excluding hydrogens is 336 g/mol. The van der Waals surface area contributed by atoms with Gasteiger partial charge in [-0.15, -0.1) is 0 Å². The Hall–Kier alpha value is -2.59. The first-order valence-corrected chi connectivity index (χ1v) is 9.55. The topological polar surface area (TPSA) is 34.6 Å². The molecule has 0 spiro atoms. The number of aromatic nitrogens is 1. The number of rotatable bonds is 5. The average Bonchev–Trinajstić information content (AvgIpc) is 2.73. The molecule has 0 amide bonds. The fraction of sp³-hybridized carbons (Fsp3) is 0.348. The van der Waals surface area contributed by atoms with Gasteiger partial charge in [0.15, 0.2) is 11.5 Å². The summed E-state index contributed by atoms with van der Waals surface area (Å²) in [6, 6.07) is 16.9. The van der Waals surface area contributed by atoms with Gasteiger partial charge in [0.1, 0.15) is 0 Å². The molecule has 4 heteroatoms. The Morgan fingerprint density at radius 1 is 1.00 bits per heavy atom. The molecule has 1 saturated heterocycles. The first kappa shape index (κ1) is 17.8. The molecule has 27 heavy (non-hydrogen) atoms. The van der Waals surface area contributed by atoms with E-state index in [2.05, 4.69) is 47.4 Å². The molecule has 0 unspecified atom stereocenters. The lowest BCUT2D eigenvalue weighted by Crippen LogP contribution is -2.34. The van der Waals surface area contributed by atoms with Crippen molar-refractivity contribution < 1.29 is 9.47 Å². The average molecular weight is 362 g/mol. The van der Waals surface area contributed by atoms with Gasteiger partial charge in [0.2, 0.25) is 0 Å². The zero-order chi connectivity index (χ0) is 18.6. The normalized spacial score (nSPS) is 17.8. The molecule has 1 atom stereocenters. The van der Waals surface area contributed by atoms with Crippen LogP contribution in [0.1, 0.15) is 30.0 Å². The van der Waals surface area contributed by atoms with Crippen molar-refractivity contribution in [2.75, 3.05) is 27.3 Å². The Kier molecular flexibility index (Phi) is 5.26. The number of piperidine rings is 1. The summed E-state index contributed by atoms with van der Waals surface area (Å²) < 4.78 is 10.8. The highest BCUT2D eigenvalue weighted by molar-refractivity contribution is 5.81. The molecule has 2 aromatic carbocycles.